The van der Waals surface area contributed by atoms with Gasteiger partial charge in [-0.3, -0.25) is 9.52 Å². The number of nitrogens with one attached hydrogen (secondary N) is 2. The number of sulfonamides is 1. The van der Waals surface area contributed by atoms with Crippen LogP contribution in [0.2, 0.25) is 0 Å². The van der Waals surface area contributed by atoms with Gasteiger partial charge in [-0.15, -0.1) is 0 Å². The first-order valence-corrected chi connectivity index (χ1v) is 9.59. The van der Waals surface area contributed by atoms with Crippen molar-refractivity contribution in [3.63, 3.8) is 0 Å². The molecule has 0 atom stereocenters. The highest BCUT2D eigenvalue weighted by Crippen LogP contribution is 2.19. The van der Waals surface area contributed by atoms with Crippen molar-refractivity contribution in [2.45, 2.75) is 11.8 Å². The molecular weight excluding hydrogens is 367 g/mol. The van der Waals surface area contributed by atoms with Crippen molar-refractivity contribution < 1.29 is 17.6 Å². The smallest absolute Gasteiger partial charge is 0.261 e. The van der Waals surface area contributed by atoms with Crippen LogP contribution in [0.15, 0.2) is 77.7 Å². The molecule has 138 valence electrons. The molecule has 7 heteroatoms. The Kier molecular flexibility index (Phi) is 5.23. The number of amides is 1. The number of aryl methyl sites for hydroxylation is 1. The molecule has 3 aromatic rings. The Bertz CT molecular complexity index is 1080. The summed E-state index contributed by atoms with van der Waals surface area (Å²) in [5.74, 6) is -1.08. The summed E-state index contributed by atoms with van der Waals surface area (Å²) in [6, 6.07) is 18.2. The van der Waals surface area contributed by atoms with Crippen LogP contribution in [0, 0.1) is 12.7 Å². The number of carbonyl (C=O) groups excluding carboxylic acids is 1. The molecule has 3 rings (SSSR count). The summed E-state index contributed by atoms with van der Waals surface area (Å²) in [6.45, 7) is 1.86. The summed E-state index contributed by atoms with van der Waals surface area (Å²) in [5, 5.41) is 2.45. The second kappa shape index (κ2) is 7.59. The lowest BCUT2D eigenvalue weighted by Crippen LogP contribution is -2.15. The van der Waals surface area contributed by atoms with Gasteiger partial charge in [0, 0.05) is 11.3 Å². The van der Waals surface area contributed by atoms with Crippen LogP contribution in [0.1, 0.15) is 15.9 Å². The molecule has 0 saturated carbocycles. The number of hydrogen-bond donors (Lipinski definition) is 2. The van der Waals surface area contributed by atoms with Gasteiger partial charge >= 0.3 is 0 Å². The third-order valence-corrected chi connectivity index (χ3v) is 5.22. The zero-order valence-corrected chi connectivity index (χ0v) is 15.3. The van der Waals surface area contributed by atoms with Gasteiger partial charge in [-0.25, -0.2) is 12.8 Å². The summed E-state index contributed by atoms with van der Waals surface area (Å²) in [7, 11) is -3.78. The first-order valence-electron chi connectivity index (χ1n) is 8.10. The number of hydrogen-bond acceptors (Lipinski definition) is 3. The second-order valence-electron chi connectivity index (χ2n) is 5.93. The van der Waals surface area contributed by atoms with E-state index in [0.717, 1.165) is 5.56 Å². The van der Waals surface area contributed by atoms with E-state index in [9.17, 15) is 17.6 Å². The average Bonchev–Trinajstić information content (AvgIpc) is 2.63. The fourth-order valence-corrected chi connectivity index (χ4v) is 3.51. The largest absolute Gasteiger partial charge is 0.319 e. The van der Waals surface area contributed by atoms with Gasteiger partial charge in [0.1, 0.15) is 5.82 Å². The molecule has 27 heavy (non-hydrogen) atoms. The van der Waals surface area contributed by atoms with E-state index < -0.39 is 21.7 Å². The molecule has 0 aliphatic rings. The maximum absolute atomic E-state index is 13.6. The molecule has 0 aromatic heterocycles. The molecule has 0 unspecified atom stereocenters. The van der Waals surface area contributed by atoms with Crippen LogP contribution in [0.3, 0.4) is 0 Å². The number of para-hydroxylation sites is 1. The van der Waals surface area contributed by atoms with E-state index in [-0.39, 0.29) is 16.1 Å². The van der Waals surface area contributed by atoms with E-state index in [1.54, 1.807) is 24.3 Å². The minimum absolute atomic E-state index is 0.0199. The van der Waals surface area contributed by atoms with Crippen LogP contribution in [0.5, 0.6) is 0 Å². The summed E-state index contributed by atoms with van der Waals surface area (Å²) >= 11 is 0. The molecule has 1 amide bonds. The van der Waals surface area contributed by atoms with E-state index in [2.05, 4.69) is 10.0 Å². The van der Waals surface area contributed by atoms with E-state index in [4.69, 9.17) is 0 Å². The average molecular weight is 384 g/mol. The Hall–Kier alpha value is -3.19. The third kappa shape index (κ3) is 4.51. The summed E-state index contributed by atoms with van der Waals surface area (Å²) < 4.78 is 41.0. The first kappa shape index (κ1) is 18.6. The third-order valence-electron chi connectivity index (χ3n) is 3.82. The van der Waals surface area contributed by atoms with Crippen molar-refractivity contribution in [1.82, 2.24) is 0 Å². The molecule has 0 aliphatic heterocycles. The minimum Gasteiger partial charge on any atom is -0.319 e. The van der Waals surface area contributed by atoms with Crippen molar-refractivity contribution in [1.29, 1.82) is 0 Å². The molecule has 0 bridgehead atoms. The fraction of sp³-hybridized carbons (Fsp3) is 0.0500. The van der Waals surface area contributed by atoms with Crippen LogP contribution >= 0.6 is 0 Å². The summed E-state index contributed by atoms with van der Waals surface area (Å²) in [4.78, 5) is 12.2. The van der Waals surface area contributed by atoms with Gasteiger partial charge < -0.3 is 5.32 Å². The molecule has 0 radical (unpaired) electrons. The van der Waals surface area contributed by atoms with E-state index >= 15 is 0 Å². The predicted octanol–water partition coefficient (Wildman–Crippen LogP) is 4.19. The van der Waals surface area contributed by atoms with Gasteiger partial charge in [-0.2, -0.15) is 0 Å². The van der Waals surface area contributed by atoms with Crippen LogP contribution < -0.4 is 10.0 Å². The molecule has 5 nitrogen and oxygen atoms in total. The van der Waals surface area contributed by atoms with E-state index in [0.29, 0.717) is 5.69 Å². The van der Waals surface area contributed by atoms with Crippen LogP contribution in [-0.4, -0.2) is 14.3 Å². The van der Waals surface area contributed by atoms with E-state index in [1.807, 2.05) is 13.0 Å². The standard InChI is InChI=1S/C20H17FN2O3S/c1-14-5-4-6-16(13-14)23-27(25,26)17-11-9-15(10-12-17)20(24)22-19-8-3-2-7-18(19)21/h2-13,23H,1H3,(H,22,24). The SMILES string of the molecule is Cc1cccc(NS(=O)(=O)c2ccc(C(=O)Nc3ccccc3F)cc2)c1. The molecule has 0 spiro atoms. The van der Waals surface area contributed by atoms with Crippen molar-refractivity contribution in [2.75, 3.05) is 10.0 Å². The van der Waals surface area contributed by atoms with Crippen molar-refractivity contribution in [3.8, 4) is 0 Å². The molecule has 0 saturated heterocycles. The molecule has 0 aliphatic carbocycles. The Morgan fingerprint density at radius 1 is 0.926 bits per heavy atom. The second-order valence-corrected chi connectivity index (χ2v) is 7.62. The van der Waals surface area contributed by atoms with Gasteiger partial charge in [-0.05, 0) is 61.0 Å². The Labute approximate surface area is 156 Å². The van der Waals surface area contributed by atoms with Gasteiger partial charge in [0.2, 0.25) is 0 Å². The Morgan fingerprint density at radius 3 is 2.30 bits per heavy atom. The van der Waals surface area contributed by atoms with Gasteiger partial charge in [-0.1, -0.05) is 24.3 Å². The lowest BCUT2D eigenvalue weighted by Gasteiger charge is -2.10. The van der Waals surface area contributed by atoms with Crippen molar-refractivity contribution in [2.24, 2.45) is 0 Å². The number of halogens is 1. The first-order chi connectivity index (χ1) is 12.8. The monoisotopic (exact) mass is 384 g/mol. The van der Waals surface area contributed by atoms with E-state index in [1.165, 1.54) is 42.5 Å². The lowest BCUT2D eigenvalue weighted by atomic mass is 10.2. The van der Waals surface area contributed by atoms with Crippen molar-refractivity contribution in [3.05, 3.63) is 89.7 Å². The number of anilines is 2. The number of rotatable bonds is 5. The quantitative estimate of drug-likeness (QED) is 0.693. The zero-order chi connectivity index (χ0) is 19.4. The van der Waals surface area contributed by atoms with Crippen LogP contribution in [-0.2, 0) is 10.0 Å². The fourth-order valence-electron chi connectivity index (χ4n) is 2.47. The lowest BCUT2D eigenvalue weighted by molar-refractivity contribution is 0.102. The summed E-state index contributed by atoms with van der Waals surface area (Å²) in [5.41, 5.74) is 1.65. The highest BCUT2D eigenvalue weighted by molar-refractivity contribution is 7.92. The van der Waals surface area contributed by atoms with Gasteiger partial charge in [0.25, 0.3) is 15.9 Å². The minimum atomic E-state index is -3.78. The van der Waals surface area contributed by atoms with Gasteiger partial charge in [0.05, 0.1) is 10.6 Å². The summed E-state index contributed by atoms with van der Waals surface area (Å²) in [6.07, 6.45) is 0. The topological polar surface area (TPSA) is 75.3 Å². The zero-order valence-electron chi connectivity index (χ0n) is 14.4. The maximum atomic E-state index is 13.6. The maximum Gasteiger partial charge on any atom is 0.261 e. The molecular formula is C20H17FN2O3S. The normalized spacial score (nSPS) is 11.0. The van der Waals surface area contributed by atoms with Crippen LogP contribution in [0.25, 0.3) is 0 Å². The molecule has 3 aromatic carbocycles. The molecule has 0 fully saturated rings. The highest BCUT2D eigenvalue weighted by Gasteiger charge is 2.16. The Balaban J connectivity index is 1.76. The van der Waals surface area contributed by atoms with Crippen LogP contribution in [0.4, 0.5) is 15.8 Å². The highest BCUT2D eigenvalue weighted by atomic mass is 32.2. The molecule has 2 N–H and O–H groups in total. The molecule has 0 heterocycles. The number of benzene rings is 3. The number of carbonyl (C=O) groups is 1. The predicted molar refractivity (Wildman–Crippen MR) is 103 cm³/mol. The Morgan fingerprint density at radius 2 is 1.63 bits per heavy atom. The van der Waals surface area contributed by atoms with Gasteiger partial charge in [0.15, 0.2) is 0 Å². The van der Waals surface area contributed by atoms with Crippen molar-refractivity contribution >= 4 is 27.3 Å².